The number of anilines is 1. The van der Waals surface area contributed by atoms with Gasteiger partial charge in [0.25, 0.3) is 0 Å². The number of piperazine rings is 1. The Labute approximate surface area is 151 Å². The minimum Gasteiger partial charge on any atom is -0.454 e. The van der Waals surface area contributed by atoms with Crippen LogP contribution in [0.2, 0.25) is 0 Å². The predicted molar refractivity (Wildman–Crippen MR) is 94.8 cm³/mol. The lowest BCUT2D eigenvalue weighted by molar-refractivity contribution is 0.143. The number of urea groups is 1. The number of hydrogen-bond donors (Lipinski definition) is 1. The van der Waals surface area contributed by atoms with Crippen LogP contribution in [0.1, 0.15) is 5.56 Å². The van der Waals surface area contributed by atoms with Crippen molar-refractivity contribution in [2.24, 2.45) is 0 Å². The van der Waals surface area contributed by atoms with Crippen LogP contribution in [0.25, 0.3) is 0 Å². The van der Waals surface area contributed by atoms with Gasteiger partial charge in [-0.1, -0.05) is 18.2 Å². The van der Waals surface area contributed by atoms with Crippen molar-refractivity contribution >= 4 is 11.7 Å². The number of carbonyl (C=O) groups excluding carboxylic acids is 1. The third-order valence-corrected chi connectivity index (χ3v) is 4.62. The third-order valence-electron chi connectivity index (χ3n) is 4.62. The zero-order chi connectivity index (χ0) is 17.9. The summed E-state index contributed by atoms with van der Waals surface area (Å²) in [7, 11) is 0. The van der Waals surface area contributed by atoms with E-state index in [-0.39, 0.29) is 18.5 Å². The summed E-state index contributed by atoms with van der Waals surface area (Å²) in [5.74, 6) is 1.14. The quantitative estimate of drug-likeness (QED) is 0.918. The number of nitrogens with zero attached hydrogens (tertiary/aromatic N) is 2. The molecular weight excluding hydrogens is 337 g/mol. The number of halogens is 1. The second-order valence-corrected chi connectivity index (χ2v) is 6.36. The summed E-state index contributed by atoms with van der Waals surface area (Å²) in [6, 6.07) is 11.9. The molecule has 2 aliphatic heterocycles. The van der Waals surface area contributed by atoms with Crippen molar-refractivity contribution in [3.8, 4) is 11.5 Å². The summed E-state index contributed by atoms with van der Waals surface area (Å²) < 4.78 is 24.4. The second-order valence-electron chi connectivity index (χ2n) is 6.36. The zero-order valence-electron chi connectivity index (χ0n) is 14.3. The van der Waals surface area contributed by atoms with E-state index >= 15 is 0 Å². The first-order valence-corrected chi connectivity index (χ1v) is 8.60. The summed E-state index contributed by atoms with van der Waals surface area (Å²) in [4.78, 5) is 16.3. The van der Waals surface area contributed by atoms with Crippen molar-refractivity contribution in [3.05, 3.63) is 53.8 Å². The molecule has 0 spiro atoms. The molecule has 7 heteroatoms. The summed E-state index contributed by atoms with van der Waals surface area (Å²) >= 11 is 0. The standard InChI is InChI=1S/C19H20FN3O3/c20-15-3-1-2-4-16(15)21-19(24)23-9-7-22(8-10-23)12-14-5-6-17-18(11-14)26-13-25-17/h1-6,11H,7-10,12-13H2,(H,21,24). The smallest absolute Gasteiger partial charge is 0.322 e. The van der Waals surface area contributed by atoms with Gasteiger partial charge >= 0.3 is 6.03 Å². The van der Waals surface area contributed by atoms with E-state index in [2.05, 4.69) is 10.2 Å². The molecule has 2 amide bonds. The number of amides is 2. The molecule has 0 atom stereocenters. The summed E-state index contributed by atoms with van der Waals surface area (Å²) in [6.07, 6.45) is 0. The van der Waals surface area contributed by atoms with Gasteiger partial charge in [0, 0.05) is 32.7 Å². The number of nitrogens with one attached hydrogen (secondary N) is 1. The lowest BCUT2D eigenvalue weighted by Crippen LogP contribution is -2.49. The van der Waals surface area contributed by atoms with E-state index in [4.69, 9.17) is 9.47 Å². The molecule has 0 aliphatic carbocycles. The molecule has 26 heavy (non-hydrogen) atoms. The Morgan fingerprint density at radius 3 is 2.62 bits per heavy atom. The molecule has 0 unspecified atom stereocenters. The molecular formula is C19H20FN3O3. The number of fused-ring (bicyclic) bond motifs is 1. The number of ether oxygens (including phenoxy) is 2. The molecule has 0 saturated carbocycles. The largest absolute Gasteiger partial charge is 0.454 e. The van der Waals surface area contributed by atoms with E-state index in [1.54, 1.807) is 23.1 Å². The highest BCUT2D eigenvalue weighted by Gasteiger charge is 2.22. The fourth-order valence-electron chi connectivity index (χ4n) is 3.16. The van der Waals surface area contributed by atoms with E-state index in [0.717, 1.165) is 36.7 Å². The number of para-hydroxylation sites is 1. The summed E-state index contributed by atoms with van der Waals surface area (Å²) in [5, 5.41) is 2.64. The van der Waals surface area contributed by atoms with Crippen LogP contribution in [-0.2, 0) is 6.54 Å². The van der Waals surface area contributed by atoms with Crippen LogP contribution in [0.3, 0.4) is 0 Å². The number of hydrogen-bond acceptors (Lipinski definition) is 4. The van der Waals surface area contributed by atoms with Crippen molar-refractivity contribution < 1.29 is 18.7 Å². The van der Waals surface area contributed by atoms with Crippen molar-refractivity contribution in [1.82, 2.24) is 9.80 Å². The first-order valence-electron chi connectivity index (χ1n) is 8.60. The Kier molecular flexibility index (Phi) is 4.62. The van der Waals surface area contributed by atoms with Gasteiger partial charge in [-0.05, 0) is 29.8 Å². The molecule has 2 heterocycles. The van der Waals surface area contributed by atoms with Crippen LogP contribution in [0, 0.1) is 5.82 Å². The number of benzene rings is 2. The van der Waals surface area contributed by atoms with Gasteiger partial charge < -0.3 is 19.7 Å². The fraction of sp³-hybridized carbons (Fsp3) is 0.316. The Balaban J connectivity index is 1.30. The van der Waals surface area contributed by atoms with Gasteiger partial charge in [0.05, 0.1) is 5.69 Å². The molecule has 136 valence electrons. The van der Waals surface area contributed by atoms with Crippen molar-refractivity contribution in [1.29, 1.82) is 0 Å². The van der Waals surface area contributed by atoms with Crippen LogP contribution in [-0.4, -0.2) is 48.8 Å². The first-order chi connectivity index (χ1) is 12.7. The average Bonchev–Trinajstić information content (AvgIpc) is 3.12. The van der Waals surface area contributed by atoms with Gasteiger partial charge in [-0.15, -0.1) is 0 Å². The molecule has 4 rings (SSSR count). The Morgan fingerprint density at radius 1 is 1.04 bits per heavy atom. The number of rotatable bonds is 3. The normalized spacial score (nSPS) is 16.6. The van der Waals surface area contributed by atoms with E-state index < -0.39 is 5.82 Å². The SMILES string of the molecule is O=C(Nc1ccccc1F)N1CCN(Cc2ccc3c(c2)OCO3)CC1. The van der Waals surface area contributed by atoms with Gasteiger partial charge in [0.15, 0.2) is 11.5 Å². The maximum atomic E-state index is 13.7. The molecule has 1 N–H and O–H groups in total. The Morgan fingerprint density at radius 2 is 1.81 bits per heavy atom. The zero-order valence-corrected chi connectivity index (χ0v) is 14.3. The highest BCUT2D eigenvalue weighted by Crippen LogP contribution is 2.32. The number of carbonyl (C=O) groups is 1. The molecule has 1 saturated heterocycles. The predicted octanol–water partition coefficient (Wildman–Crippen LogP) is 2.90. The van der Waals surface area contributed by atoms with Crippen molar-refractivity contribution in [2.75, 3.05) is 38.3 Å². The molecule has 0 bridgehead atoms. The monoisotopic (exact) mass is 357 g/mol. The van der Waals surface area contributed by atoms with Gasteiger partial charge in [-0.3, -0.25) is 4.90 Å². The topological polar surface area (TPSA) is 54.0 Å². The van der Waals surface area contributed by atoms with E-state index in [9.17, 15) is 9.18 Å². The molecule has 6 nitrogen and oxygen atoms in total. The molecule has 2 aliphatic rings. The Hall–Kier alpha value is -2.80. The summed E-state index contributed by atoms with van der Waals surface area (Å²) in [6.45, 7) is 3.79. The van der Waals surface area contributed by atoms with Crippen LogP contribution >= 0.6 is 0 Å². The minimum absolute atomic E-state index is 0.209. The second kappa shape index (κ2) is 7.21. The molecule has 2 aromatic rings. The van der Waals surface area contributed by atoms with E-state index in [1.807, 2.05) is 18.2 Å². The highest BCUT2D eigenvalue weighted by molar-refractivity contribution is 5.89. The molecule has 0 aromatic heterocycles. The lowest BCUT2D eigenvalue weighted by atomic mass is 10.1. The van der Waals surface area contributed by atoms with Gasteiger partial charge in [-0.25, -0.2) is 9.18 Å². The van der Waals surface area contributed by atoms with Crippen molar-refractivity contribution in [2.45, 2.75) is 6.54 Å². The molecule has 0 radical (unpaired) electrons. The van der Waals surface area contributed by atoms with Crippen LogP contribution in [0.5, 0.6) is 11.5 Å². The third kappa shape index (κ3) is 3.57. The van der Waals surface area contributed by atoms with Gasteiger partial charge in [-0.2, -0.15) is 0 Å². The summed E-state index contributed by atoms with van der Waals surface area (Å²) in [5.41, 5.74) is 1.36. The van der Waals surface area contributed by atoms with E-state index in [0.29, 0.717) is 13.1 Å². The van der Waals surface area contributed by atoms with Gasteiger partial charge in [0.1, 0.15) is 5.82 Å². The van der Waals surface area contributed by atoms with Gasteiger partial charge in [0.2, 0.25) is 6.79 Å². The van der Waals surface area contributed by atoms with Crippen molar-refractivity contribution in [3.63, 3.8) is 0 Å². The van der Waals surface area contributed by atoms with E-state index in [1.165, 1.54) is 6.07 Å². The van der Waals surface area contributed by atoms with Crippen LogP contribution in [0.4, 0.5) is 14.9 Å². The highest BCUT2D eigenvalue weighted by atomic mass is 19.1. The Bertz CT molecular complexity index is 806. The average molecular weight is 357 g/mol. The molecule has 2 aromatic carbocycles. The fourth-order valence-corrected chi connectivity index (χ4v) is 3.16. The maximum absolute atomic E-state index is 13.7. The lowest BCUT2D eigenvalue weighted by Gasteiger charge is -2.34. The van der Waals surface area contributed by atoms with Crippen LogP contribution < -0.4 is 14.8 Å². The minimum atomic E-state index is -0.428. The van der Waals surface area contributed by atoms with Crippen LogP contribution in [0.15, 0.2) is 42.5 Å². The maximum Gasteiger partial charge on any atom is 0.322 e. The first kappa shape index (κ1) is 16.7. The molecule has 1 fully saturated rings.